The average Bonchev–Trinajstić information content (AvgIpc) is 4.47. The number of pyridine rings is 2. The molecule has 0 saturated heterocycles. The molecule has 0 spiro atoms. The second kappa shape index (κ2) is 41.5. The van der Waals surface area contributed by atoms with Gasteiger partial charge in [-0.05, 0) is 71.5 Å². The van der Waals surface area contributed by atoms with Crippen molar-refractivity contribution < 1.29 is 99.0 Å². The lowest BCUT2D eigenvalue weighted by Crippen LogP contribution is -2.38. The highest BCUT2D eigenvalue weighted by atomic mass is 127. The highest BCUT2D eigenvalue weighted by Gasteiger charge is 2.41. The second-order valence-corrected chi connectivity index (χ2v) is 25.0. The molecule has 0 aromatic carbocycles. The normalized spacial score (nSPS) is 16.3. The zero-order valence-corrected chi connectivity index (χ0v) is 50.9. The molecular weight excluding hydrogens is 1330 g/mol. The molecule has 2 aromatic rings. The number of esters is 4. The molecule has 1 aliphatic heterocycles. The van der Waals surface area contributed by atoms with E-state index < -0.39 is 98.6 Å². The van der Waals surface area contributed by atoms with E-state index in [2.05, 4.69) is 32.6 Å². The van der Waals surface area contributed by atoms with E-state index in [0.29, 0.717) is 17.9 Å². The van der Waals surface area contributed by atoms with Crippen LogP contribution in [0.25, 0.3) is 0 Å². The summed E-state index contributed by atoms with van der Waals surface area (Å²) in [4.78, 5) is 168. The van der Waals surface area contributed by atoms with E-state index >= 15 is 0 Å². The Labute approximate surface area is 523 Å². The molecule has 7 rings (SSSR count). The molecule has 3 heterocycles. The molecule has 1 unspecified atom stereocenters. The number of alkyl halides is 1. The molecule has 0 radical (unpaired) electrons. The number of Topliss-reactive ketones (excluding diaryl/α,β-unsaturated/α-hetero) is 8. The van der Waals surface area contributed by atoms with Gasteiger partial charge in [-0.1, -0.05) is 92.4 Å². The lowest BCUT2D eigenvalue weighted by Gasteiger charge is -2.15. The quantitative estimate of drug-likeness (QED) is 0.0132. The number of imide groups is 1. The minimum Gasteiger partial charge on any atom is -0.446 e. The largest absolute Gasteiger partial charge is 0.446 e. The molecule has 85 heavy (non-hydrogen) atoms. The lowest BCUT2D eigenvalue weighted by molar-refractivity contribution is -0.158. The van der Waals surface area contributed by atoms with Crippen LogP contribution < -0.4 is 0 Å². The summed E-state index contributed by atoms with van der Waals surface area (Å²) >= 11 is 2.15. The first-order chi connectivity index (χ1) is 39.0. The third kappa shape index (κ3) is 28.2. The number of hydrogen-bond donors (Lipinski definition) is 1. The zero-order chi connectivity index (χ0) is 60.9. The number of carbonyl (C=O) groups excluding carboxylic acids is 14. The van der Waals surface area contributed by atoms with Crippen LogP contribution in [0, 0.1) is 6.92 Å². The molecular formula is C55H72IN3O21S5. The third-order valence-electron chi connectivity index (χ3n) is 11.3. The van der Waals surface area contributed by atoms with Gasteiger partial charge in [-0.2, -0.15) is 8.42 Å². The molecule has 1 N–H and O–H groups in total. The Bertz CT molecular complexity index is 2740. The summed E-state index contributed by atoms with van der Waals surface area (Å²) in [6.07, 6.45) is 2.80. The standard InChI is InChI=1S/C15H17NO7S3.C14H15NO4S2.C12H11NO6.C9H11IO4.C2H6.3CH4/c1-9-2-5-13(16-8-9)25-24-7-6-12(26(20,21)22)15(19)23-14-10(17)3-4-11(14)18;16-10-6-7-11(17)14(10)19-13(18)5-3-9-20-21-12-4-1-2-8-15-12;14-7-1-2-8(15)12(7)19-11(18)5-6-13-9(16)3-4-10(13)17;10-5-1-2-8(13)14-9-6(11)3-4-7(9)12;1-2;;;/h2,5,8,12,14H,3-4,6-7H2,1H3,(H,20,21,22);1-2,4,8,14H,3,5-7,9H2;3-4,12H,1-2,5-6H2;9H,1-5H2;1-2H3;3*1H4. The van der Waals surface area contributed by atoms with Crippen molar-refractivity contribution in [3.63, 3.8) is 0 Å². The number of rotatable bonds is 23. The maximum absolute atomic E-state index is 12.0. The van der Waals surface area contributed by atoms with E-state index in [0.717, 1.165) is 37.8 Å². The van der Waals surface area contributed by atoms with Crippen LogP contribution in [0.4, 0.5) is 0 Å². The Morgan fingerprint density at radius 3 is 1.38 bits per heavy atom. The minimum atomic E-state index is -4.73. The van der Waals surface area contributed by atoms with E-state index in [1.54, 1.807) is 40.0 Å². The number of amides is 2. The zero-order valence-electron chi connectivity index (χ0n) is 44.7. The van der Waals surface area contributed by atoms with Gasteiger partial charge in [0.15, 0.2) is 51.5 Å². The molecule has 4 aliphatic carbocycles. The maximum Gasteiger partial charge on any atom is 0.328 e. The van der Waals surface area contributed by atoms with Crippen molar-refractivity contribution in [2.24, 2.45) is 0 Å². The summed E-state index contributed by atoms with van der Waals surface area (Å²) in [6.45, 7) is 5.77. The van der Waals surface area contributed by atoms with Gasteiger partial charge in [-0.3, -0.25) is 76.6 Å². The predicted molar refractivity (Wildman–Crippen MR) is 326 cm³/mol. The SMILES string of the molecule is C.C.C.CC.Cc1ccc(SSCCC(C(=O)OC2C(=O)CCC2=O)S(=O)(=O)O)nc1.O=C(CCCI)OC1C(=O)CCC1=O.O=C(CCCSSc1ccccn1)OC1C(=O)CCC1=O.O=C(CCN1C(=O)C=CC1=O)OC1C(=O)CCC1=O. The highest BCUT2D eigenvalue weighted by molar-refractivity contribution is 14.1. The van der Waals surface area contributed by atoms with Gasteiger partial charge in [0.25, 0.3) is 21.9 Å². The van der Waals surface area contributed by atoms with Crippen LogP contribution in [0.5, 0.6) is 0 Å². The number of ether oxygens (including phenoxy) is 4. The molecule has 470 valence electrons. The van der Waals surface area contributed by atoms with E-state index in [-0.39, 0.29) is 135 Å². The Balaban J connectivity index is 0.00000110. The number of ketones is 8. The van der Waals surface area contributed by atoms with Crippen LogP contribution in [0.2, 0.25) is 0 Å². The van der Waals surface area contributed by atoms with E-state index in [1.807, 2.05) is 45.0 Å². The number of aryl methyl sites for hydroxylation is 1. The van der Waals surface area contributed by atoms with Crippen LogP contribution in [0.3, 0.4) is 0 Å². The van der Waals surface area contributed by atoms with Crippen molar-refractivity contribution >= 4 is 158 Å². The number of nitrogens with zero attached hydrogens (tertiary/aromatic N) is 3. The van der Waals surface area contributed by atoms with Gasteiger partial charge in [0.05, 0.1) is 6.42 Å². The first kappa shape index (κ1) is 79.5. The number of halogens is 1. The number of aromatic nitrogens is 2. The predicted octanol–water partition coefficient (Wildman–Crippen LogP) is 7.19. The fraction of sp³-hybridized carbons (Fsp3) is 0.527. The van der Waals surface area contributed by atoms with Crippen LogP contribution >= 0.6 is 65.8 Å². The second-order valence-electron chi connectivity index (χ2n) is 17.4. The van der Waals surface area contributed by atoms with E-state index in [9.17, 15) is 80.1 Å². The monoisotopic (exact) mass is 1400 g/mol. The molecule has 30 heteroatoms. The molecule has 5 aliphatic rings. The van der Waals surface area contributed by atoms with E-state index in [4.69, 9.17) is 18.9 Å². The van der Waals surface area contributed by atoms with Gasteiger partial charge < -0.3 is 18.9 Å². The molecule has 4 saturated carbocycles. The van der Waals surface area contributed by atoms with Crippen LogP contribution in [0.1, 0.15) is 132 Å². The summed E-state index contributed by atoms with van der Waals surface area (Å²) < 4.78 is 52.3. The van der Waals surface area contributed by atoms with Crippen LogP contribution in [0.15, 0.2) is 64.9 Å². The van der Waals surface area contributed by atoms with Crippen LogP contribution in [-0.2, 0) is 96.2 Å². The van der Waals surface area contributed by atoms with Crippen molar-refractivity contribution in [1.82, 2.24) is 14.9 Å². The molecule has 4 fully saturated rings. The molecule has 2 amide bonds. The average molecular weight is 1400 g/mol. The Morgan fingerprint density at radius 2 is 0.988 bits per heavy atom. The Kier molecular flexibility index (Phi) is 38.8. The molecule has 1 atom stereocenters. The van der Waals surface area contributed by atoms with Gasteiger partial charge >= 0.3 is 23.9 Å². The van der Waals surface area contributed by atoms with Crippen molar-refractivity contribution in [3.05, 3.63) is 60.4 Å². The van der Waals surface area contributed by atoms with Crippen LogP contribution in [-0.4, -0.2) is 162 Å². The summed E-state index contributed by atoms with van der Waals surface area (Å²) in [5.74, 6) is -6.06. The Hall–Kier alpha value is -5.54. The van der Waals surface area contributed by atoms with Gasteiger partial charge in [0.1, 0.15) is 10.1 Å². The van der Waals surface area contributed by atoms with Crippen molar-refractivity contribution in [2.45, 2.75) is 173 Å². The topological polar surface area (TPSA) is 359 Å². The summed E-state index contributed by atoms with van der Waals surface area (Å²) in [5.41, 5.74) is 1.00. The Morgan fingerprint density at radius 1 is 0.588 bits per heavy atom. The smallest absolute Gasteiger partial charge is 0.328 e. The van der Waals surface area contributed by atoms with Crippen molar-refractivity contribution in [1.29, 1.82) is 0 Å². The summed E-state index contributed by atoms with van der Waals surface area (Å²) in [7, 11) is 0.980. The fourth-order valence-electron chi connectivity index (χ4n) is 7.03. The molecule has 24 nitrogen and oxygen atoms in total. The minimum absolute atomic E-state index is 0. The first-order valence-corrected chi connectivity index (χ1v) is 33.1. The van der Waals surface area contributed by atoms with Gasteiger partial charge in [-0.25, -0.2) is 9.97 Å². The molecule has 2 aromatic heterocycles. The summed E-state index contributed by atoms with van der Waals surface area (Å²) in [6, 6.07) is 9.38. The van der Waals surface area contributed by atoms with Gasteiger partial charge in [0.2, 0.25) is 24.4 Å². The highest BCUT2D eigenvalue weighted by Crippen LogP contribution is 2.32. The number of hydrogen-bond acceptors (Lipinski definition) is 26. The maximum atomic E-state index is 12.0. The van der Waals surface area contributed by atoms with Crippen molar-refractivity contribution in [3.8, 4) is 0 Å². The first-order valence-electron chi connectivity index (χ1n) is 25.5. The molecule has 0 bridgehead atoms. The lowest BCUT2D eigenvalue weighted by atomic mass is 10.2. The summed E-state index contributed by atoms with van der Waals surface area (Å²) in [5, 5.41) is -0.205. The third-order valence-corrected chi connectivity index (χ3v) is 17.8. The van der Waals surface area contributed by atoms with Crippen molar-refractivity contribution in [2.75, 3.05) is 22.5 Å². The fourth-order valence-corrected chi connectivity index (χ4v) is 12.2. The van der Waals surface area contributed by atoms with E-state index in [1.165, 1.54) is 21.6 Å². The van der Waals surface area contributed by atoms with Gasteiger partial charge in [0, 0.05) is 111 Å². The number of carbonyl (C=O) groups is 14. The van der Waals surface area contributed by atoms with Gasteiger partial charge in [-0.15, -0.1) is 0 Å².